The summed E-state index contributed by atoms with van der Waals surface area (Å²) in [6, 6.07) is 5.85. The van der Waals surface area contributed by atoms with E-state index in [1.807, 2.05) is 39.0 Å². The summed E-state index contributed by atoms with van der Waals surface area (Å²) in [5.74, 6) is 0.0581. The largest absolute Gasteiger partial charge is 0.349 e. The highest BCUT2D eigenvalue weighted by Crippen LogP contribution is 2.15. The van der Waals surface area contributed by atoms with Gasteiger partial charge in [-0.1, -0.05) is 6.07 Å². The van der Waals surface area contributed by atoms with Gasteiger partial charge in [-0.15, -0.1) is 0 Å². The highest BCUT2D eigenvalue weighted by molar-refractivity contribution is 5.85. The molecule has 0 radical (unpaired) electrons. The van der Waals surface area contributed by atoms with Crippen molar-refractivity contribution in [2.75, 3.05) is 26.2 Å². The van der Waals surface area contributed by atoms with Crippen molar-refractivity contribution in [3.05, 3.63) is 29.6 Å². The van der Waals surface area contributed by atoms with Gasteiger partial charge in [-0.3, -0.25) is 14.7 Å². The minimum atomic E-state index is -0.480. The minimum absolute atomic E-state index is 0.0581. The third-order valence-electron chi connectivity index (χ3n) is 3.84. The Labute approximate surface area is 120 Å². The lowest BCUT2D eigenvalue weighted by Gasteiger charge is -2.39. The number of piperazine rings is 1. The number of nitrogens with zero attached hydrogens (tertiary/aromatic N) is 2. The Morgan fingerprint density at radius 3 is 2.75 bits per heavy atom. The Hall–Kier alpha value is -1.46. The summed E-state index contributed by atoms with van der Waals surface area (Å²) in [4.78, 5) is 19.0. The molecule has 1 aromatic rings. The van der Waals surface area contributed by atoms with Crippen LogP contribution in [-0.2, 0) is 11.3 Å². The smallest absolute Gasteiger partial charge is 0.240 e. The van der Waals surface area contributed by atoms with E-state index in [4.69, 9.17) is 0 Å². The quantitative estimate of drug-likeness (QED) is 0.849. The molecule has 0 saturated carbocycles. The fraction of sp³-hybridized carbons (Fsp3) is 0.600. The Bertz CT molecular complexity index is 467. The molecule has 1 amide bonds. The third kappa shape index (κ3) is 3.55. The van der Waals surface area contributed by atoms with Crippen LogP contribution < -0.4 is 10.6 Å². The first kappa shape index (κ1) is 14.9. The fourth-order valence-electron chi connectivity index (χ4n) is 2.45. The van der Waals surface area contributed by atoms with Gasteiger partial charge in [0.1, 0.15) is 0 Å². The van der Waals surface area contributed by atoms with Gasteiger partial charge in [0, 0.05) is 31.9 Å². The summed E-state index contributed by atoms with van der Waals surface area (Å²) in [5, 5.41) is 6.31. The number of rotatable bonds is 4. The Morgan fingerprint density at radius 2 is 2.10 bits per heavy atom. The summed E-state index contributed by atoms with van der Waals surface area (Å²) in [6.45, 7) is 10.1. The van der Waals surface area contributed by atoms with Crippen LogP contribution in [0.25, 0.3) is 0 Å². The van der Waals surface area contributed by atoms with E-state index in [1.165, 1.54) is 0 Å². The number of carbonyl (C=O) groups excluding carboxylic acids is 1. The fourth-order valence-corrected chi connectivity index (χ4v) is 2.45. The second kappa shape index (κ2) is 6.33. The zero-order valence-electron chi connectivity index (χ0n) is 12.6. The summed E-state index contributed by atoms with van der Waals surface area (Å²) >= 11 is 0. The van der Waals surface area contributed by atoms with Crippen LogP contribution in [0, 0.1) is 6.92 Å². The Kier molecular flexibility index (Phi) is 4.73. The van der Waals surface area contributed by atoms with Crippen LogP contribution in [0.15, 0.2) is 18.2 Å². The molecule has 110 valence electrons. The number of aromatic nitrogens is 1. The van der Waals surface area contributed by atoms with Gasteiger partial charge in [0.05, 0.1) is 17.8 Å². The van der Waals surface area contributed by atoms with Crippen LogP contribution in [0.1, 0.15) is 25.2 Å². The van der Waals surface area contributed by atoms with Gasteiger partial charge < -0.3 is 10.6 Å². The second-order valence-corrected chi connectivity index (χ2v) is 5.75. The maximum Gasteiger partial charge on any atom is 0.240 e. The molecule has 0 aromatic carbocycles. The molecule has 2 rings (SSSR count). The Morgan fingerprint density at radius 1 is 1.40 bits per heavy atom. The standard InChI is InChI=1S/C15H24N4O/c1-12-5-4-6-13(18-12)11-17-14(20)15(2,3)19-9-7-16-8-10-19/h4-6,16H,7-11H2,1-3H3,(H,17,20). The van der Waals surface area contributed by atoms with Crippen molar-refractivity contribution in [1.29, 1.82) is 0 Å². The van der Waals surface area contributed by atoms with Crippen molar-refractivity contribution in [2.24, 2.45) is 0 Å². The van der Waals surface area contributed by atoms with Gasteiger partial charge in [0.25, 0.3) is 0 Å². The van der Waals surface area contributed by atoms with Crippen LogP contribution in [0.2, 0.25) is 0 Å². The average molecular weight is 276 g/mol. The normalized spacial score (nSPS) is 16.9. The zero-order valence-corrected chi connectivity index (χ0v) is 12.6. The van der Waals surface area contributed by atoms with Crippen LogP contribution in [0.4, 0.5) is 0 Å². The third-order valence-corrected chi connectivity index (χ3v) is 3.84. The molecule has 2 N–H and O–H groups in total. The predicted octanol–water partition coefficient (Wildman–Crippen LogP) is 0.690. The van der Waals surface area contributed by atoms with Crippen molar-refractivity contribution >= 4 is 5.91 Å². The predicted molar refractivity (Wildman–Crippen MR) is 79.3 cm³/mol. The molecule has 1 aromatic heterocycles. The number of amides is 1. The van der Waals surface area contributed by atoms with Crippen LogP contribution >= 0.6 is 0 Å². The molecule has 1 aliphatic rings. The SMILES string of the molecule is Cc1cccc(CNC(=O)C(C)(C)N2CCNCC2)n1. The van der Waals surface area contributed by atoms with E-state index >= 15 is 0 Å². The molecule has 0 atom stereocenters. The molecule has 5 heteroatoms. The first-order valence-electron chi connectivity index (χ1n) is 7.17. The molecule has 5 nitrogen and oxygen atoms in total. The molecular weight excluding hydrogens is 252 g/mol. The average Bonchev–Trinajstić information content (AvgIpc) is 2.45. The molecule has 0 bridgehead atoms. The summed E-state index contributed by atoms with van der Waals surface area (Å²) < 4.78 is 0. The first-order valence-corrected chi connectivity index (χ1v) is 7.17. The molecule has 0 aliphatic carbocycles. The van der Waals surface area contributed by atoms with E-state index in [0.29, 0.717) is 6.54 Å². The van der Waals surface area contributed by atoms with Crippen molar-refractivity contribution in [3.8, 4) is 0 Å². The molecule has 1 saturated heterocycles. The van der Waals surface area contributed by atoms with Crippen molar-refractivity contribution < 1.29 is 4.79 Å². The molecule has 0 spiro atoms. The zero-order chi connectivity index (χ0) is 14.6. The van der Waals surface area contributed by atoms with E-state index < -0.39 is 5.54 Å². The lowest BCUT2D eigenvalue weighted by molar-refractivity contribution is -0.132. The number of aryl methyl sites for hydroxylation is 1. The molecule has 1 fully saturated rings. The maximum absolute atomic E-state index is 12.4. The number of hydrogen-bond acceptors (Lipinski definition) is 4. The Balaban J connectivity index is 1.93. The topological polar surface area (TPSA) is 57.3 Å². The van der Waals surface area contributed by atoms with Gasteiger partial charge >= 0.3 is 0 Å². The highest BCUT2D eigenvalue weighted by Gasteiger charge is 2.34. The molecule has 0 unspecified atom stereocenters. The molecule has 1 aliphatic heterocycles. The van der Waals surface area contributed by atoms with Gasteiger partial charge in [0.15, 0.2) is 0 Å². The number of carbonyl (C=O) groups is 1. The van der Waals surface area contributed by atoms with Crippen LogP contribution in [0.3, 0.4) is 0 Å². The lowest BCUT2D eigenvalue weighted by Crippen LogP contribution is -2.59. The summed E-state index contributed by atoms with van der Waals surface area (Å²) in [7, 11) is 0. The van der Waals surface area contributed by atoms with E-state index in [-0.39, 0.29) is 5.91 Å². The van der Waals surface area contributed by atoms with Crippen molar-refractivity contribution in [2.45, 2.75) is 32.9 Å². The first-order chi connectivity index (χ1) is 9.50. The minimum Gasteiger partial charge on any atom is -0.349 e. The number of nitrogens with one attached hydrogen (secondary N) is 2. The maximum atomic E-state index is 12.4. The molecule has 20 heavy (non-hydrogen) atoms. The van der Waals surface area contributed by atoms with E-state index in [0.717, 1.165) is 37.6 Å². The van der Waals surface area contributed by atoms with Gasteiger partial charge in [0.2, 0.25) is 5.91 Å². The summed E-state index contributed by atoms with van der Waals surface area (Å²) in [5.41, 5.74) is 1.39. The second-order valence-electron chi connectivity index (χ2n) is 5.75. The van der Waals surface area contributed by atoms with E-state index in [9.17, 15) is 4.79 Å². The van der Waals surface area contributed by atoms with Crippen LogP contribution in [-0.4, -0.2) is 47.5 Å². The van der Waals surface area contributed by atoms with Gasteiger partial charge in [-0.05, 0) is 32.9 Å². The van der Waals surface area contributed by atoms with Crippen molar-refractivity contribution in [1.82, 2.24) is 20.5 Å². The van der Waals surface area contributed by atoms with Crippen molar-refractivity contribution in [3.63, 3.8) is 0 Å². The van der Waals surface area contributed by atoms with Gasteiger partial charge in [-0.25, -0.2) is 0 Å². The van der Waals surface area contributed by atoms with E-state index in [2.05, 4.69) is 20.5 Å². The molecular formula is C15H24N4O. The van der Waals surface area contributed by atoms with Crippen LogP contribution in [0.5, 0.6) is 0 Å². The van der Waals surface area contributed by atoms with E-state index in [1.54, 1.807) is 0 Å². The monoisotopic (exact) mass is 276 g/mol. The summed E-state index contributed by atoms with van der Waals surface area (Å²) in [6.07, 6.45) is 0. The number of hydrogen-bond donors (Lipinski definition) is 2. The van der Waals surface area contributed by atoms with Gasteiger partial charge in [-0.2, -0.15) is 0 Å². The highest BCUT2D eigenvalue weighted by atomic mass is 16.2. The number of pyridine rings is 1. The lowest BCUT2D eigenvalue weighted by atomic mass is 10.0. The molecule has 2 heterocycles.